The van der Waals surface area contributed by atoms with Gasteiger partial charge in [0.1, 0.15) is 73.2 Å². The molecule has 17 atom stereocenters. The molecule has 0 spiro atoms. The van der Waals surface area contributed by atoms with Crippen LogP contribution in [0.1, 0.15) is 194 Å². The van der Waals surface area contributed by atoms with Crippen LogP contribution >= 0.6 is 0 Å². The van der Waals surface area contributed by atoms with Crippen molar-refractivity contribution in [3.63, 3.8) is 0 Å². The molecule has 3 fully saturated rings. The topological polar surface area (TPSA) is 307 Å². The number of rotatable bonds is 43. The summed E-state index contributed by atoms with van der Waals surface area (Å²) in [4.78, 5) is 13.2. The number of carbonyl (C=O) groups excluding carboxylic acids is 1. The van der Waals surface area contributed by atoms with Crippen LogP contribution in [0.2, 0.25) is 0 Å². The van der Waals surface area contributed by atoms with Gasteiger partial charge in [-0.2, -0.15) is 0 Å². The zero-order valence-electron chi connectivity index (χ0n) is 46.7. The largest absolute Gasteiger partial charge is 0.394 e. The number of amides is 1. The lowest BCUT2D eigenvalue weighted by Crippen LogP contribution is -2.66. The number of hydrogen-bond acceptors (Lipinski definition) is 18. The third-order valence-corrected chi connectivity index (χ3v) is 14.9. The van der Waals surface area contributed by atoms with Gasteiger partial charge < -0.3 is 89.9 Å². The summed E-state index contributed by atoms with van der Waals surface area (Å²) in [6, 6.07) is -0.991. The van der Waals surface area contributed by atoms with Crippen LogP contribution in [0, 0.1) is 0 Å². The van der Waals surface area contributed by atoms with Gasteiger partial charge >= 0.3 is 0 Å². The lowest BCUT2D eigenvalue weighted by atomic mass is 9.96. The van der Waals surface area contributed by atoms with Crippen LogP contribution in [0.15, 0.2) is 36.5 Å². The average molecular weight is 1100 g/mol. The Balaban J connectivity index is 1.50. The lowest BCUT2D eigenvalue weighted by molar-refractivity contribution is -0.379. The maximum absolute atomic E-state index is 13.2. The van der Waals surface area contributed by atoms with Crippen LogP contribution < -0.4 is 5.32 Å². The van der Waals surface area contributed by atoms with E-state index in [1.807, 2.05) is 6.08 Å². The summed E-state index contributed by atoms with van der Waals surface area (Å²) in [6.45, 7) is 1.66. The van der Waals surface area contributed by atoms with E-state index in [9.17, 15) is 61.0 Å². The summed E-state index contributed by atoms with van der Waals surface area (Å²) < 4.78 is 34.2. The first kappa shape index (κ1) is 69.3. The number of unbranched alkanes of at least 4 members (excludes halogenated alkanes) is 23. The summed E-state index contributed by atoms with van der Waals surface area (Å²) in [7, 11) is 0. The SMILES string of the molecule is CCCCCCCCCCCCCC/C=C/CC/C=C/CC/C=C/C(O)C(COC1OC(CO)C(OC2OC(CO)C(OC3OC(CO)C(O)C(O)C3O)C(O)C2O)C(O)C1O)NC(=O)CCCCCCCCCCCC. The minimum atomic E-state index is -1.98. The third-order valence-electron chi connectivity index (χ3n) is 14.9. The zero-order valence-corrected chi connectivity index (χ0v) is 46.7. The van der Waals surface area contributed by atoms with Gasteiger partial charge in [0.25, 0.3) is 0 Å². The number of aliphatic hydroxyl groups excluding tert-OH is 11. The second kappa shape index (κ2) is 41.9. The molecule has 77 heavy (non-hydrogen) atoms. The van der Waals surface area contributed by atoms with E-state index in [1.54, 1.807) is 6.08 Å². The highest BCUT2D eigenvalue weighted by molar-refractivity contribution is 5.76. The van der Waals surface area contributed by atoms with Gasteiger partial charge in [-0.25, -0.2) is 0 Å². The number of allylic oxidation sites excluding steroid dienone is 5. The van der Waals surface area contributed by atoms with Crippen LogP contribution in [0.3, 0.4) is 0 Å². The molecule has 0 aromatic rings. The minimum absolute atomic E-state index is 0.233. The van der Waals surface area contributed by atoms with Crippen molar-refractivity contribution in [2.45, 2.75) is 298 Å². The lowest BCUT2D eigenvalue weighted by Gasteiger charge is -2.48. The molecule has 1 amide bonds. The molecular formula is C58H105NO18. The average Bonchev–Trinajstić information content (AvgIpc) is 3.43. The van der Waals surface area contributed by atoms with Gasteiger partial charge in [0.15, 0.2) is 18.9 Å². The molecule has 0 radical (unpaired) electrons. The van der Waals surface area contributed by atoms with Crippen LogP contribution in [-0.2, 0) is 33.2 Å². The number of aliphatic hydroxyl groups is 11. The molecule has 19 heteroatoms. The van der Waals surface area contributed by atoms with Gasteiger partial charge in [-0.1, -0.05) is 179 Å². The Bertz CT molecular complexity index is 1550. The second-order valence-corrected chi connectivity index (χ2v) is 21.4. The quantitative estimate of drug-likeness (QED) is 0.0285. The predicted molar refractivity (Wildman–Crippen MR) is 291 cm³/mol. The maximum atomic E-state index is 13.2. The van der Waals surface area contributed by atoms with Crippen molar-refractivity contribution in [3.8, 4) is 0 Å². The van der Waals surface area contributed by atoms with Crippen molar-refractivity contribution >= 4 is 5.91 Å². The van der Waals surface area contributed by atoms with Crippen LogP contribution in [-0.4, -0.2) is 193 Å². The monoisotopic (exact) mass is 1100 g/mol. The number of hydrogen-bond donors (Lipinski definition) is 12. The van der Waals surface area contributed by atoms with E-state index in [4.69, 9.17) is 28.4 Å². The van der Waals surface area contributed by atoms with Gasteiger partial charge in [0.2, 0.25) is 5.91 Å². The molecule has 0 bridgehead atoms. The smallest absolute Gasteiger partial charge is 0.220 e. The fourth-order valence-electron chi connectivity index (χ4n) is 9.99. The Labute approximate surface area is 460 Å². The first-order chi connectivity index (χ1) is 37.3. The fraction of sp³-hybridized carbons (Fsp3) is 0.879. The summed E-state index contributed by atoms with van der Waals surface area (Å²) in [6.07, 6.45) is 17.2. The summed E-state index contributed by atoms with van der Waals surface area (Å²) >= 11 is 0. The van der Waals surface area contributed by atoms with Gasteiger partial charge in [-0.15, -0.1) is 0 Å². The van der Waals surface area contributed by atoms with E-state index in [0.717, 1.165) is 44.9 Å². The second-order valence-electron chi connectivity index (χ2n) is 21.4. The highest BCUT2D eigenvalue weighted by Crippen LogP contribution is 2.33. The van der Waals surface area contributed by atoms with Gasteiger partial charge in [0, 0.05) is 6.42 Å². The molecule has 0 aromatic carbocycles. The first-order valence-corrected chi connectivity index (χ1v) is 29.7. The van der Waals surface area contributed by atoms with E-state index in [1.165, 1.54) is 116 Å². The molecule has 3 aliphatic rings. The molecule has 3 heterocycles. The van der Waals surface area contributed by atoms with Crippen LogP contribution in [0.4, 0.5) is 0 Å². The van der Waals surface area contributed by atoms with E-state index in [-0.39, 0.29) is 18.9 Å². The number of ether oxygens (including phenoxy) is 6. The molecule has 3 saturated heterocycles. The Morgan fingerprint density at radius 1 is 0.455 bits per heavy atom. The molecule has 12 N–H and O–H groups in total. The van der Waals surface area contributed by atoms with Crippen LogP contribution in [0.5, 0.6) is 0 Å². The van der Waals surface area contributed by atoms with Crippen molar-refractivity contribution in [3.05, 3.63) is 36.5 Å². The Morgan fingerprint density at radius 2 is 0.831 bits per heavy atom. The molecule has 0 aromatic heterocycles. The Kier molecular flexibility index (Phi) is 37.7. The fourth-order valence-corrected chi connectivity index (χ4v) is 9.99. The maximum Gasteiger partial charge on any atom is 0.220 e. The summed E-state index contributed by atoms with van der Waals surface area (Å²) in [5.41, 5.74) is 0. The van der Waals surface area contributed by atoms with Gasteiger partial charge in [-0.3, -0.25) is 4.79 Å². The molecule has 0 saturated carbocycles. The van der Waals surface area contributed by atoms with E-state index < -0.39 is 124 Å². The van der Waals surface area contributed by atoms with Crippen molar-refractivity contribution < 1.29 is 89.4 Å². The number of carbonyl (C=O) groups is 1. The van der Waals surface area contributed by atoms with Crippen molar-refractivity contribution in [1.82, 2.24) is 5.32 Å². The van der Waals surface area contributed by atoms with Gasteiger partial charge in [0.05, 0.1) is 38.6 Å². The highest BCUT2D eigenvalue weighted by atomic mass is 16.8. The van der Waals surface area contributed by atoms with Gasteiger partial charge in [-0.05, 0) is 44.9 Å². The molecule has 3 aliphatic heterocycles. The summed E-state index contributed by atoms with van der Waals surface area (Å²) in [5, 5.41) is 120. The molecule has 3 rings (SSSR count). The Morgan fingerprint density at radius 3 is 1.30 bits per heavy atom. The molecule has 17 unspecified atom stereocenters. The standard InChI is InChI=1S/C58H105NO18/c1-3-5-7-9-11-13-15-16-17-18-19-20-21-22-23-24-25-26-27-29-31-33-35-42(63)41(59-46(64)36-34-32-30-28-14-12-10-8-6-4-2)40-72-56-52(70)49(67)54(44(38-61)74-56)77-58-53(71)50(68)55(45(39-62)75-58)76-57-51(69)48(66)47(65)43(37-60)73-57/h22-23,26-27,33,35,41-45,47-58,60-63,65-71H,3-21,24-25,28-32,34,36-40H2,1-2H3,(H,59,64)/b23-22+,27-26+,35-33+. The third kappa shape index (κ3) is 26.2. The highest BCUT2D eigenvalue weighted by Gasteiger charge is 2.53. The Hall–Kier alpha value is -1.99. The van der Waals surface area contributed by atoms with Crippen molar-refractivity contribution in [1.29, 1.82) is 0 Å². The zero-order chi connectivity index (χ0) is 56.2. The predicted octanol–water partition coefficient (Wildman–Crippen LogP) is 4.93. The minimum Gasteiger partial charge on any atom is -0.394 e. The van der Waals surface area contributed by atoms with E-state index in [0.29, 0.717) is 12.8 Å². The van der Waals surface area contributed by atoms with Crippen molar-refractivity contribution in [2.24, 2.45) is 0 Å². The normalized spacial score (nSPS) is 30.9. The number of nitrogens with one attached hydrogen (secondary N) is 1. The molecule has 450 valence electrons. The first-order valence-electron chi connectivity index (χ1n) is 29.7. The van der Waals surface area contributed by atoms with Crippen molar-refractivity contribution in [2.75, 3.05) is 26.4 Å². The summed E-state index contributed by atoms with van der Waals surface area (Å²) in [5.74, 6) is -0.293. The molecule has 0 aliphatic carbocycles. The van der Waals surface area contributed by atoms with E-state index >= 15 is 0 Å². The molecule has 19 nitrogen and oxygen atoms in total. The van der Waals surface area contributed by atoms with Crippen LogP contribution in [0.25, 0.3) is 0 Å². The van der Waals surface area contributed by atoms with E-state index in [2.05, 4.69) is 43.5 Å². The molecular weight excluding hydrogens is 999 g/mol.